The van der Waals surface area contributed by atoms with Gasteiger partial charge < -0.3 is 10.1 Å². The lowest BCUT2D eigenvalue weighted by atomic mass is 10.1. The van der Waals surface area contributed by atoms with E-state index in [1.807, 2.05) is 6.92 Å². The van der Waals surface area contributed by atoms with Crippen LogP contribution >= 0.6 is 0 Å². The van der Waals surface area contributed by atoms with Gasteiger partial charge in [0.1, 0.15) is 6.61 Å². The zero-order chi connectivity index (χ0) is 8.48. The summed E-state index contributed by atoms with van der Waals surface area (Å²) in [5, 5.41) is 3.18. The second-order valence-electron chi connectivity index (χ2n) is 3.97. The Morgan fingerprint density at radius 3 is 2.55 bits per heavy atom. The summed E-state index contributed by atoms with van der Waals surface area (Å²) < 4.78 is 5.28. The van der Waals surface area contributed by atoms with E-state index >= 15 is 0 Å². The molecule has 1 unspecified atom stereocenters. The van der Waals surface area contributed by atoms with Gasteiger partial charge in [-0.3, -0.25) is 0 Å². The molecule has 1 aliphatic rings. The smallest absolute Gasteiger partial charge is 0.285 e. The van der Waals surface area contributed by atoms with Gasteiger partial charge in [0, 0.05) is 5.54 Å². The maximum atomic E-state index is 5.28. The fourth-order valence-corrected chi connectivity index (χ4v) is 0.863. The third kappa shape index (κ3) is 2.78. The Balaban J connectivity index is 2.45. The Morgan fingerprint density at radius 2 is 2.18 bits per heavy atom. The maximum absolute atomic E-state index is 5.28. The largest absolute Gasteiger partial charge is 0.463 e. The first-order chi connectivity index (χ1) is 4.97. The number of nitrogens with zero attached hydrogens (tertiary/aromatic N) is 1. The molecule has 1 heterocycles. The Morgan fingerprint density at radius 1 is 1.55 bits per heavy atom. The number of amidine groups is 1. The molecule has 3 nitrogen and oxygen atoms in total. The van der Waals surface area contributed by atoms with Crippen LogP contribution in [0.4, 0.5) is 0 Å². The molecule has 11 heavy (non-hydrogen) atoms. The molecule has 0 spiro atoms. The molecule has 3 heteroatoms. The van der Waals surface area contributed by atoms with Gasteiger partial charge in [-0.15, -0.1) is 0 Å². The summed E-state index contributed by atoms with van der Waals surface area (Å²) in [7, 11) is 0. The van der Waals surface area contributed by atoms with Gasteiger partial charge in [-0.2, -0.15) is 0 Å². The molecule has 1 N–H and O–H groups in total. The van der Waals surface area contributed by atoms with Gasteiger partial charge >= 0.3 is 0 Å². The van der Waals surface area contributed by atoms with Gasteiger partial charge in [-0.25, -0.2) is 4.99 Å². The summed E-state index contributed by atoms with van der Waals surface area (Å²) in [4.78, 5) is 4.26. The highest BCUT2D eigenvalue weighted by molar-refractivity contribution is 5.75. The van der Waals surface area contributed by atoms with E-state index in [-0.39, 0.29) is 5.54 Å². The van der Waals surface area contributed by atoms with Gasteiger partial charge in [0.25, 0.3) is 6.02 Å². The van der Waals surface area contributed by atoms with Crippen LogP contribution in [0.5, 0.6) is 0 Å². The average molecular weight is 156 g/mol. The monoisotopic (exact) mass is 156 g/mol. The molecule has 0 radical (unpaired) electrons. The Labute approximate surface area is 67.8 Å². The minimum absolute atomic E-state index is 0.0445. The zero-order valence-corrected chi connectivity index (χ0v) is 7.64. The SMILES string of the molecule is CC1COC(NC(C)(C)C)=N1. The molecule has 1 aliphatic heterocycles. The molecule has 1 atom stereocenters. The lowest BCUT2D eigenvalue weighted by Crippen LogP contribution is -2.40. The predicted octanol–water partition coefficient (Wildman–Crippen LogP) is 1.15. The Bertz CT molecular complexity index is 169. The molecule has 64 valence electrons. The van der Waals surface area contributed by atoms with Crippen molar-refractivity contribution in [3.8, 4) is 0 Å². The summed E-state index contributed by atoms with van der Waals surface area (Å²) in [5.41, 5.74) is 0.0445. The van der Waals surface area contributed by atoms with Gasteiger partial charge in [0.2, 0.25) is 0 Å². The average Bonchev–Trinajstić information content (AvgIpc) is 2.10. The predicted molar refractivity (Wildman–Crippen MR) is 45.7 cm³/mol. The molecular weight excluding hydrogens is 140 g/mol. The molecule has 0 fully saturated rings. The van der Waals surface area contributed by atoms with Crippen LogP contribution in [0, 0.1) is 0 Å². The van der Waals surface area contributed by atoms with Crippen molar-refractivity contribution < 1.29 is 4.74 Å². The van der Waals surface area contributed by atoms with Crippen molar-refractivity contribution in [3.05, 3.63) is 0 Å². The molecule has 0 bridgehead atoms. The van der Waals surface area contributed by atoms with Crippen molar-refractivity contribution in [3.63, 3.8) is 0 Å². The van der Waals surface area contributed by atoms with Gasteiger partial charge in [0.15, 0.2) is 0 Å². The first-order valence-electron chi connectivity index (χ1n) is 3.96. The summed E-state index contributed by atoms with van der Waals surface area (Å²) in [6.07, 6.45) is 0. The molecule has 0 amide bonds. The summed E-state index contributed by atoms with van der Waals surface area (Å²) in [5.74, 6) is 0. The zero-order valence-electron chi connectivity index (χ0n) is 7.64. The lowest BCUT2D eigenvalue weighted by Gasteiger charge is -2.20. The topological polar surface area (TPSA) is 33.6 Å². The Hall–Kier alpha value is -0.730. The van der Waals surface area contributed by atoms with Crippen molar-refractivity contribution in [2.75, 3.05) is 6.61 Å². The highest BCUT2D eigenvalue weighted by Crippen LogP contribution is 2.05. The summed E-state index contributed by atoms with van der Waals surface area (Å²) in [6, 6.07) is 0.991. The van der Waals surface area contributed by atoms with Crippen molar-refractivity contribution in [2.24, 2.45) is 4.99 Å². The minimum Gasteiger partial charge on any atom is -0.463 e. The van der Waals surface area contributed by atoms with Crippen molar-refractivity contribution >= 4 is 6.02 Å². The van der Waals surface area contributed by atoms with Crippen molar-refractivity contribution in [1.29, 1.82) is 0 Å². The number of hydrogen-bond donors (Lipinski definition) is 1. The first-order valence-corrected chi connectivity index (χ1v) is 3.96. The van der Waals surface area contributed by atoms with Crippen LogP contribution < -0.4 is 5.32 Å². The van der Waals surface area contributed by atoms with E-state index in [1.165, 1.54) is 0 Å². The van der Waals surface area contributed by atoms with Crippen LogP contribution in [-0.2, 0) is 4.74 Å². The normalized spacial score (nSPS) is 24.4. The van der Waals surface area contributed by atoms with E-state index in [1.54, 1.807) is 0 Å². The van der Waals surface area contributed by atoms with E-state index in [9.17, 15) is 0 Å². The van der Waals surface area contributed by atoms with E-state index in [0.717, 1.165) is 0 Å². The number of aliphatic imine (C=N–C) groups is 1. The molecule has 0 saturated carbocycles. The fourth-order valence-electron chi connectivity index (χ4n) is 0.863. The van der Waals surface area contributed by atoms with Gasteiger partial charge in [-0.1, -0.05) is 0 Å². The van der Waals surface area contributed by atoms with E-state index in [0.29, 0.717) is 18.7 Å². The van der Waals surface area contributed by atoms with Crippen LogP contribution in [0.2, 0.25) is 0 Å². The third-order valence-corrected chi connectivity index (χ3v) is 1.28. The van der Waals surface area contributed by atoms with Crippen LogP contribution in [0.15, 0.2) is 4.99 Å². The molecule has 0 aromatic heterocycles. The van der Waals surface area contributed by atoms with Crippen LogP contribution in [-0.4, -0.2) is 24.2 Å². The highest BCUT2D eigenvalue weighted by Gasteiger charge is 2.19. The van der Waals surface area contributed by atoms with Crippen molar-refractivity contribution in [1.82, 2.24) is 5.32 Å². The number of rotatable bonds is 0. The third-order valence-electron chi connectivity index (χ3n) is 1.28. The van der Waals surface area contributed by atoms with Crippen LogP contribution in [0.1, 0.15) is 27.7 Å². The summed E-state index contributed by atoms with van der Waals surface area (Å²) in [6.45, 7) is 9.00. The molecule has 0 aromatic carbocycles. The van der Waals surface area contributed by atoms with Crippen LogP contribution in [0.25, 0.3) is 0 Å². The first kappa shape index (κ1) is 8.37. The standard InChI is InChI=1S/C8H16N2O/c1-6-5-11-7(9-6)10-8(2,3)4/h6H,5H2,1-4H3,(H,9,10). The Kier molecular flexibility index (Phi) is 2.07. The van der Waals surface area contributed by atoms with Gasteiger partial charge in [0.05, 0.1) is 6.04 Å². The van der Waals surface area contributed by atoms with E-state index < -0.39 is 0 Å². The van der Waals surface area contributed by atoms with Crippen LogP contribution in [0.3, 0.4) is 0 Å². The number of hydrogen-bond acceptors (Lipinski definition) is 3. The molecule has 1 rings (SSSR count). The minimum atomic E-state index is 0.0445. The maximum Gasteiger partial charge on any atom is 0.285 e. The van der Waals surface area contributed by atoms with Gasteiger partial charge in [-0.05, 0) is 27.7 Å². The second kappa shape index (κ2) is 2.72. The number of nitrogens with one attached hydrogen (secondary N) is 1. The van der Waals surface area contributed by atoms with E-state index in [4.69, 9.17) is 4.74 Å². The quantitative estimate of drug-likeness (QED) is 0.570. The fraction of sp³-hybridized carbons (Fsp3) is 0.875. The molecule has 0 aromatic rings. The second-order valence-corrected chi connectivity index (χ2v) is 3.97. The molecule has 0 saturated heterocycles. The molecule has 0 aliphatic carbocycles. The lowest BCUT2D eigenvalue weighted by molar-refractivity contribution is 0.297. The van der Waals surface area contributed by atoms with E-state index in [2.05, 4.69) is 31.1 Å². The summed E-state index contributed by atoms with van der Waals surface area (Å²) >= 11 is 0. The number of ether oxygens (including phenoxy) is 1. The van der Waals surface area contributed by atoms with Crippen molar-refractivity contribution in [2.45, 2.75) is 39.3 Å². The highest BCUT2D eigenvalue weighted by atomic mass is 16.5. The molecular formula is C8H16N2O.